The van der Waals surface area contributed by atoms with Crippen molar-refractivity contribution in [2.75, 3.05) is 26.8 Å². The highest BCUT2D eigenvalue weighted by Gasteiger charge is 2.26. The first-order valence-corrected chi connectivity index (χ1v) is 10.6. The molecule has 7 heteroatoms. The second kappa shape index (κ2) is 10.6. The van der Waals surface area contributed by atoms with Crippen molar-refractivity contribution in [1.82, 2.24) is 10.2 Å². The van der Waals surface area contributed by atoms with E-state index in [0.29, 0.717) is 23.7 Å². The zero-order valence-electron chi connectivity index (χ0n) is 17.4. The highest BCUT2D eigenvalue weighted by molar-refractivity contribution is 6.30. The van der Waals surface area contributed by atoms with Crippen molar-refractivity contribution < 1.29 is 18.7 Å². The van der Waals surface area contributed by atoms with E-state index in [0.717, 1.165) is 37.4 Å². The molecule has 30 heavy (non-hydrogen) atoms. The predicted molar refractivity (Wildman–Crippen MR) is 116 cm³/mol. The zero-order valence-corrected chi connectivity index (χ0v) is 18.1. The van der Waals surface area contributed by atoms with Gasteiger partial charge in [0.1, 0.15) is 23.9 Å². The molecule has 1 amide bonds. The van der Waals surface area contributed by atoms with Crippen LogP contribution >= 0.6 is 11.6 Å². The van der Waals surface area contributed by atoms with Crippen molar-refractivity contribution in [3.05, 3.63) is 58.9 Å². The predicted octanol–water partition coefficient (Wildman–Crippen LogP) is 4.28. The van der Waals surface area contributed by atoms with Gasteiger partial charge in [-0.25, -0.2) is 4.39 Å². The Bertz CT molecular complexity index is 839. The molecule has 1 aliphatic rings. The second-order valence-corrected chi connectivity index (χ2v) is 8.12. The normalized spacial score (nSPS) is 16.1. The van der Waals surface area contributed by atoms with Gasteiger partial charge >= 0.3 is 0 Å². The van der Waals surface area contributed by atoms with Gasteiger partial charge in [0.05, 0.1) is 13.2 Å². The Morgan fingerprint density at radius 2 is 1.87 bits per heavy atom. The molecule has 2 aromatic carbocycles. The fourth-order valence-electron chi connectivity index (χ4n) is 3.54. The number of rotatable bonds is 8. The summed E-state index contributed by atoms with van der Waals surface area (Å²) in [6.07, 6.45) is 1.51. The highest BCUT2D eigenvalue weighted by atomic mass is 35.5. The van der Waals surface area contributed by atoms with Gasteiger partial charge in [0.25, 0.3) is 0 Å². The van der Waals surface area contributed by atoms with Crippen molar-refractivity contribution in [3.63, 3.8) is 0 Å². The Morgan fingerprint density at radius 3 is 2.50 bits per heavy atom. The minimum atomic E-state index is -0.284. The maximum Gasteiger partial charge on any atom is 0.223 e. The molecule has 1 atom stereocenters. The Kier molecular flexibility index (Phi) is 7.94. The summed E-state index contributed by atoms with van der Waals surface area (Å²) >= 11 is 5.81. The van der Waals surface area contributed by atoms with Crippen molar-refractivity contribution in [2.45, 2.75) is 32.4 Å². The number of benzene rings is 2. The van der Waals surface area contributed by atoms with Gasteiger partial charge in [-0.2, -0.15) is 0 Å². The molecule has 0 saturated carbocycles. The molecule has 1 saturated heterocycles. The molecule has 1 unspecified atom stereocenters. The largest absolute Gasteiger partial charge is 0.497 e. The minimum absolute atomic E-state index is 0.0280. The van der Waals surface area contributed by atoms with Crippen molar-refractivity contribution in [3.8, 4) is 11.5 Å². The standard InChI is InChI=1S/C23H28ClFN2O3/c1-16(15-30-21-7-5-20(29-2)6-8-21)26-23(28)17-9-11-27(12-10-17)14-18-3-4-19(24)13-22(18)25/h3-8,13,16-17H,9-12,14-15H2,1-2H3,(H,26,28). The van der Waals surface area contributed by atoms with Crippen LogP contribution in [0.25, 0.3) is 0 Å². The van der Waals surface area contributed by atoms with Gasteiger partial charge in [0, 0.05) is 23.0 Å². The summed E-state index contributed by atoms with van der Waals surface area (Å²) in [5.74, 6) is 1.25. The molecule has 1 fully saturated rings. The smallest absolute Gasteiger partial charge is 0.223 e. The fraction of sp³-hybridized carbons (Fsp3) is 0.435. The van der Waals surface area contributed by atoms with Crippen LogP contribution in [0.2, 0.25) is 5.02 Å². The maximum atomic E-state index is 14.0. The lowest BCUT2D eigenvalue weighted by Crippen LogP contribution is -2.44. The van der Waals surface area contributed by atoms with Crippen LogP contribution in [-0.4, -0.2) is 43.7 Å². The van der Waals surface area contributed by atoms with Crippen LogP contribution in [0, 0.1) is 11.7 Å². The van der Waals surface area contributed by atoms with Crippen LogP contribution in [0.4, 0.5) is 4.39 Å². The number of piperidine rings is 1. The van der Waals surface area contributed by atoms with Crippen LogP contribution < -0.4 is 14.8 Å². The third kappa shape index (κ3) is 6.34. The Balaban J connectivity index is 1.39. The van der Waals surface area contributed by atoms with Gasteiger partial charge < -0.3 is 14.8 Å². The quantitative estimate of drug-likeness (QED) is 0.673. The van der Waals surface area contributed by atoms with E-state index < -0.39 is 0 Å². The molecule has 1 aliphatic heterocycles. The average molecular weight is 435 g/mol. The summed E-state index contributed by atoms with van der Waals surface area (Å²) in [4.78, 5) is 14.8. The van der Waals surface area contributed by atoms with E-state index in [1.54, 1.807) is 19.2 Å². The summed E-state index contributed by atoms with van der Waals surface area (Å²) in [5, 5.41) is 3.44. The number of methoxy groups -OCH3 is 1. The molecule has 2 aromatic rings. The molecular formula is C23H28ClFN2O3. The van der Waals surface area contributed by atoms with Gasteiger partial charge in [0.2, 0.25) is 5.91 Å². The number of hydrogen-bond donors (Lipinski definition) is 1. The Morgan fingerprint density at radius 1 is 1.20 bits per heavy atom. The summed E-state index contributed by atoms with van der Waals surface area (Å²) in [6.45, 7) is 4.38. The van der Waals surface area contributed by atoms with Crippen LogP contribution in [0.3, 0.4) is 0 Å². The second-order valence-electron chi connectivity index (χ2n) is 7.68. The molecule has 1 heterocycles. The first-order valence-electron chi connectivity index (χ1n) is 10.2. The Labute approximate surface area is 182 Å². The third-order valence-corrected chi connectivity index (χ3v) is 5.55. The number of carbonyl (C=O) groups is 1. The number of hydrogen-bond acceptors (Lipinski definition) is 4. The summed E-state index contributed by atoms with van der Waals surface area (Å²) in [7, 11) is 1.62. The van der Waals surface area contributed by atoms with E-state index in [9.17, 15) is 9.18 Å². The van der Waals surface area contributed by atoms with Crippen LogP contribution in [0.5, 0.6) is 11.5 Å². The van der Waals surface area contributed by atoms with E-state index in [1.807, 2.05) is 31.2 Å². The number of halogens is 2. The minimum Gasteiger partial charge on any atom is -0.497 e. The summed E-state index contributed by atoms with van der Waals surface area (Å²) in [5.41, 5.74) is 0.631. The van der Waals surface area contributed by atoms with Gasteiger partial charge in [-0.15, -0.1) is 0 Å². The molecule has 0 aliphatic carbocycles. The first-order chi connectivity index (χ1) is 14.4. The Hall–Kier alpha value is -2.31. The van der Waals surface area contributed by atoms with E-state index >= 15 is 0 Å². The van der Waals surface area contributed by atoms with Crippen molar-refractivity contribution in [2.24, 2.45) is 5.92 Å². The van der Waals surface area contributed by atoms with E-state index in [2.05, 4.69) is 10.2 Å². The van der Waals surface area contributed by atoms with E-state index in [4.69, 9.17) is 21.1 Å². The number of nitrogens with one attached hydrogen (secondary N) is 1. The highest BCUT2D eigenvalue weighted by Crippen LogP contribution is 2.22. The van der Waals surface area contributed by atoms with Crippen molar-refractivity contribution >= 4 is 17.5 Å². The lowest BCUT2D eigenvalue weighted by Gasteiger charge is -2.32. The number of nitrogens with zero attached hydrogens (tertiary/aromatic N) is 1. The molecule has 0 radical (unpaired) electrons. The third-order valence-electron chi connectivity index (χ3n) is 5.32. The van der Waals surface area contributed by atoms with E-state index in [1.165, 1.54) is 6.07 Å². The number of ether oxygens (including phenoxy) is 2. The average Bonchev–Trinajstić information content (AvgIpc) is 2.75. The molecule has 5 nitrogen and oxygen atoms in total. The number of carbonyl (C=O) groups excluding carboxylic acids is 1. The van der Waals surface area contributed by atoms with Crippen LogP contribution in [0.15, 0.2) is 42.5 Å². The maximum absolute atomic E-state index is 14.0. The van der Waals surface area contributed by atoms with Gasteiger partial charge in [0.15, 0.2) is 0 Å². The molecule has 162 valence electrons. The SMILES string of the molecule is COc1ccc(OCC(C)NC(=O)C2CCN(Cc3ccc(Cl)cc3F)CC2)cc1. The van der Waals surface area contributed by atoms with Gasteiger partial charge in [-0.05, 0) is 69.3 Å². The lowest BCUT2D eigenvalue weighted by molar-refractivity contribution is -0.127. The van der Waals surface area contributed by atoms with Crippen LogP contribution in [-0.2, 0) is 11.3 Å². The van der Waals surface area contributed by atoms with Gasteiger partial charge in [-0.1, -0.05) is 17.7 Å². The molecule has 0 aromatic heterocycles. The van der Waals surface area contributed by atoms with Crippen molar-refractivity contribution in [1.29, 1.82) is 0 Å². The first kappa shape index (κ1) is 22.4. The van der Waals surface area contributed by atoms with Gasteiger partial charge in [-0.3, -0.25) is 9.69 Å². The number of likely N-dealkylation sites (tertiary alicyclic amines) is 1. The number of amides is 1. The summed E-state index contributed by atoms with van der Waals surface area (Å²) < 4.78 is 24.9. The molecule has 3 rings (SSSR count). The molecule has 0 spiro atoms. The lowest BCUT2D eigenvalue weighted by atomic mass is 9.95. The molecule has 1 N–H and O–H groups in total. The monoisotopic (exact) mass is 434 g/mol. The van der Waals surface area contributed by atoms with E-state index in [-0.39, 0.29) is 23.7 Å². The fourth-order valence-corrected chi connectivity index (χ4v) is 3.70. The molecule has 0 bridgehead atoms. The topological polar surface area (TPSA) is 50.8 Å². The molecular weight excluding hydrogens is 407 g/mol. The zero-order chi connectivity index (χ0) is 21.5. The van der Waals surface area contributed by atoms with Crippen LogP contribution in [0.1, 0.15) is 25.3 Å². The summed E-state index contributed by atoms with van der Waals surface area (Å²) in [6, 6.07) is 12.0.